The van der Waals surface area contributed by atoms with Crippen molar-refractivity contribution in [3.8, 4) is 17.2 Å². The fourth-order valence-corrected chi connectivity index (χ4v) is 4.55. The van der Waals surface area contributed by atoms with Crippen molar-refractivity contribution in [3.05, 3.63) is 75.7 Å². The molecule has 4 rings (SSSR count). The van der Waals surface area contributed by atoms with Gasteiger partial charge in [0.2, 0.25) is 17.1 Å². The lowest BCUT2D eigenvalue weighted by Crippen LogP contribution is -2.37. The molecule has 2 atom stereocenters. The van der Waals surface area contributed by atoms with Crippen molar-refractivity contribution in [1.82, 2.24) is 10.2 Å². The number of amides is 1. The van der Waals surface area contributed by atoms with Crippen molar-refractivity contribution in [2.24, 2.45) is 0 Å². The van der Waals surface area contributed by atoms with Gasteiger partial charge in [0.15, 0.2) is 17.3 Å². The van der Waals surface area contributed by atoms with Crippen molar-refractivity contribution < 1.29 is 28.6 Å². The highest BCUT2D eigenvalue weighted by atomic mass is 16.5. The predicted octanol–water partition coefficient (Wildman–Crippen LogP) is 3.44. The summed E-state index contributed by atoms with van der Waals surface area (Å²) in [5, 5.41) is 23.5. The SMILES string of the molecule is COc1cc([C@@H](CC(=O)NC[C@@H](c2ccco2)N2CCCC2)c2oc(C)cc(=O)c2O)ccc1O. The Morgan fingerprint density at radius 3 is 2.66 bits per heavy atom. The Bertz CT molecular complexity index is 1210. The van der Waals surface area contributed by atoms with Gasteiger partial charge in [-0.2, -0.15) is 0 Å². The number of carbonyl (C=O) groups is 1. The molecular weight excluding hydrogens is 452 g/mol. The van der Waals surface area contributed by atoms with E-state index in [0.29, 0.717) is 17.9 Å². The number of rotatable bonds is 9. The number of benzene rings is 1. The number of aryl methyl sites for hydroxylation is 1. The van der Waals surface area contributed by atoms with Crippen LogP contribution in [-0.4, -0.2) is 47.8 Å². The average molecular weight is 483 g/mol. The Morgan fingerprint density at radius 2 is 1.97 bits per heavy atom. The third-order valence-corrected chi connectivity index (χ3v) is 6.33. The first kappa shape index (κ1) is 24.4. The quantitative estimate of drug-likeness (QED) is 0.424. The number of phenolic OH excluding ortho intramolecular Hbond substituents is 1. The van der Waals surface area contributed by atoms with E-state index in [1.807, 2.05) is 12.1 Å². The number of nitrogens with one attached hydrogen (secondary N) is 1. The second kappa shape index (κ2) is 10.7. The predicted molar refractivity (Wildman–Crippen MR) is 128 cm³/mol. The molecule has 1 fully saturated rings. The van der Waals surface area contributed by atoms with E-state index in [1.54, 1.807) is 25.3 Å². The highest BCUT2D eigenvalue weighted by Crippen LogP contribution is 2.37. The van der Waals surface area contributed by atoms with E-state index < -0.39 is 17.1 Å². The van der Waals surface area contributed by atoms with Crippen molar-refractivity contribution in [2.45, 2.75) is 38.1 Å². The monoisotopic (exact) mass is 482 g/mol. The molecule has 35 heavy (non-hydrogen) atoms. The lowest BCUT2D eigenvalue weighted by molar-refractivity contribution is -0.121. The number of aromatic hydroxyl groups is 2. The number of carbonyl (C=O) groups excluding carboxylic acids is 1. The van der Waals surface area contributed by atoms with Crippen molar-refractivity contribution in [3.63, 3.8) is 0 Å². The van der Waals surface area contributed by atoms with Gasteiger partial charge in [-0.1, -0.05) is 6.07 Å². The molecule has 1 aromatic carbocycles. The van der Waals surface area contributed by atoms with Crippen LogP contribution in [0, 0.1) is 6.92 Å². The highest BCUT2D eigenvalue weighted by Gasteiger charge is 2.29. The zero-order chi connectivity index (χ0) is 24.9. The zero-order valence-corrected chi connectivity index (χ0v) is 19.8. The summed E-state index contributed by atoms with van der Waals surface area (Å²) >= 11 is 0. The molecule has 1 saturated heterocycles. The summed E-state index contributed by atoms with van der Waals surface area (Å²) in [4.78, 5) is 27.7. The maximum Gasteiger partial charge on any atom is 0.227 e. The average Bonchev–Trinajstić information content (AvgIpc) is 3.56. The normalized spacial score (nSPS) is 15.6. The molecule has 3 N–H and O–H groups in total. The molecule has 0 saturated carbocycles. The molecule has 186 valence electrons. The van der Waals surface area contributed by atoms with E-state index in [-0.39, 0.29) is 35.6 Å². The first-order valence-corrected chi connectivity index (χ1v) is 11.6. The van der Waals surface area contributed by atoms with Gasteiger partial charge >= 0.3 is 0 Å². The minimum atomic E-state index is -0.786. The van der Waals surface area contributed by atoms with Gasteiger partial charge < -0.3 is 29.1 Å². The Kier molecular flexibility index (Phi) is 7.45. The van der Waals surface area contributed by atoms with E-state index >= 15 is 0 Å². The van der Waals surface area contributed by atoms with Gasteiger partial charge in [0.1, 0.15) is 11.5 Å². The maximum atomic E-state index is 13.1. The van der Waals surface area contributed by atoms with Gasteiger partial charge in [-0.05, 0) is 62.7 Å². The minimum absolute atomic E-state index is 0.0139. The molecule has 1 aliphatic heterocycles. The molecule has 9 heteroatoms. The van der Waals surface area contributed by atoms with Crippen LogP contribution in [0.4, 0.5) is 0 Å². The number of phenols is 1. The molecule has 3 heterocycles. The molecule has 0 spiro atoms. The third-order valence-electron chi connectivity index (χ3n) is 6.33. The number of hydrogen-bond acceptors (Lipinski definition) is 8. The van der Waals surface area contributed by atoms with Gasteiger partial charge in [0.25, 0.3) is 0 Å². The number of hydrogen-bond donors (Lipinski definition) is 3. The van der Waals surface area contributed by atoms with Crippen LogP contribution in [-0.2, 0) is 4.79 Å². The van der Waals surface area contributed by atoms with Crippen molar-refractivity contribution >= 4 is 5.91 Å². The van der Waals surface area contributed by atoms with E-state index in [1.165, 1.54) is 19.2 Å². The van der Waals surface area contributed by atoms with Crippen LogP contribution in [0.3, 0.4) is 0 Å². The second-order valence-electron chi connectivity index (χ2n) is 8.70. The Balaban J connectivity index is 1.59. The van der Waals surface area contributed by atoms with E-state index in [9.17, 15) is 19.8 Å². The topological polar surface area (TPSA) is 125 Å². The van der Waals surface area contributed by atoms with E-state index in [0.717, 1.165) is 31.7 Å². The van der Waals surface area contributed by atoms with Gasteiger partial charge in [-0.25, -0.2) is 0 Å². The number of methoxy groups -OCH3 is 1. The van der Waals surface area contributed by atoms with Gasteiger partial charge in [-0.15, -0.1) is 0 Å². The first-order chi connectivity index (χ1) is 16.9. The fourth-order valence-electron chi connectivity index (χ4n) is 4.55. The number of nitrogens with zero attached hydrogens (tertiary/aromatic N) is 1. The molecule has 3 aromatic rings. The van der Waals surface area contributed by atoms with Crippen LogP contribution in [0.15, 0.2) is 56.3 Å². The molecule has 0 unspecified atom stereocenters. The lowest BCUT2D eigenvalue weighted by atomic mass is 9.91. The molecule has 0 aliphatic carbocycles. The van der Waals surface area contributed by atoms with Crippen molar-refractivity contribution in [1.29, 1.82) is 0 Å². The number of furan rings is 1. The first-order valence-electron chi connectivity index (χ1n) is 11.6. The third kappa shape index (κ3) is 5.51. The summed E-state index contributed by atoms with van der Waals surface area (Å²) < 4.78 is 16.6. The summed E-state index contributed by atoms with van der Waals surface area (Å²) in [5.41, 5.74) is -0.0483. The number of likely N-dealkylation sites (tertiary alicyclic amines) is 1. The molecule has 9 nitrogen and oxygen atoms in total. The van der Waals surface area contributed by atoms with Crippen LogP contribution in [0.25, 0.3) is 0 Å². The largest absolute Gasteiger partial charge is 0.504 e. The summed E-state index contributed by atoms with van der Waals surface area (Å²) in [7, 11) is 1.41. The van der Waals surface area contributed by atoms with Gasteiger partial charge in [0.05, 0.1) is 25.3 Å². The van der Waals surface area contributed by atoms with Crippen LogP contribution >= 0.6 is 0 Å². The summed E-state index contributed by atoms with van der Waals surface area (Å²) in [6.07, 6.45) is 3.72. The lowest BCUT2D eigenvalue weighted by Gasteiger charge is -2.26. The van der Waals surface area contributed by atoms with Crippen LogP contribution < -0.4 is 15.5 Å². The smallest absolute Gasteiger partial charge is 0.227 e. The van der Waals surface area contributed by atoms with Gasteiger partial charge in [-0.3, -0.25) is 14.5 Å². The van der Waals surface area contributed by atoms with E-state index in [2.05, 4.69) is 10.2 Å². The van der Waals surface area contributed by atoms with Crippen LogP contribution in [0.1, 0.15) is 54.1 Å². The van der Waals surface area contributed by atoms with Gasteiger partial charge in [0, 0.05) is 19.0 Å². The standard InChI is InChI=1S/C26H30N2O7/c1-16-12-21(30)25(32)26(35-16)18(17-7-8-20(29)23(13-17)33-2)14-24(31)27-15-19(22-6-5-11-34-22)28-9-3-4-10-28/h5-8,11-13,18-19,29,32H,3-4,9-10,14-15H2,1-2H3,(H,27,31)/t18-,19+/m1/s1. The van der Waals surface area contributed by atoms with E-state index in [4.69, 9.17) is 13.6 Å². The minimum Gasteiger partial charge on any atom is -0.504 e. The molecule has 1 amide bonds. The van der Waals surface area contributed by atoms with Crippen molar-refractivity contribution in [2.75, 3.05) is 26.7 Å². The molecule has 0 radical (unpaired) electrons. The summed E-state index contributed by atoms with van der Waals surface area (Å²) in [6, 6.07) is 9.44. The fraction of sp³-hybridized carbons (Fsp3) is 0.385. The van der Waals surface area contributed by atoms with Crippen LogP contribution in [0.2, 0.25) is 0 Å². The summed E-state index contributed by atoms with van der Waals surface area (Å²) in [5.74, 6) is -0.408. The Morgan fingerprint density at radius 1 is 1.20 bits per heavy atom. The molecular formula is C26H30N2O7. The Labute approximate surface area is 202 Å². The second-order valence-corrected chi connectivity index (χ2v) is 8.70. The summed E-state index contributed by atoms with van der Waals surface area (Å²) in [6.45, 7) is 3.81. The number of ether oxygens (including phenoxy) is 1. The highest BCUT2D eigenvalue weighted by molar-refractivity contribution is 5.77. The van der Waals surface area contributed by atoms with Crippen LogP contribution in [0.5, 0.6) is 17.2 Å². The maximum absolute atomic E-state index is 13.1. The molecule has 0 bridgehead atoms. The molecule has 2 aromatic heterocycles. The zero-order valence-electron chi connectivity index (χ0n) is 19.8. The Hall–Kier alpha value is -3.72. The molecule has 1 aliphatic rings.